The number of rotatable bonds is 10. The summed E-state index contributed by atoms with van der Waals surface area (Å²) in [6, 6.07) is 17.4. The van der Waals surface area contributed by atoms with Gasteiger partial charge in [0.25, 0.3) is 5.56 Å². The largest absolute Gasteiger partial charge is 0.381 e. The number of carbonyl (C=O) groups is 1. The molecule has 1 heterocycles. The SMILES string of the molecule is CCN(Cc1nc2ccccc2c(=O)[nH]1)C(=O)CCCOCCc1ccccc1. The van der Waals surface area contributed by atoms with Crippen molar-refractivity contribution in [2.75, 3.05) is 19.8 Å². The first kappa shape index (κ1) is 20.7. The van der Waals surface area contributed by atoms with Crippen LogP contribution in [0.15, 0.2) is 59.4 Å². The van der Waals surface area contributed by atoms with Gasteiger partial charge in [0.05, 0.1) is 24.1 Å². The molecule has 6 heteroatoms. The normalized spacial score (nSPS) is 10.9. The monoisotopic (exact) mass is 393 g/mol. The molecule has 0 aliphatic carbocycles. The van der Waals surface area contributed by atoms with Gasteiger partial charge in [0, 0.05) is 19.6 Å². The van der Waals surface area contributed by atoms with Crippen LogP contribution in [0, 0.1) is 0 Å². The minimum absolute atomic E-state index is 0.0370. The molecule has 1 amide bonds. The third kappa shape index (κ3) is 5.99. The van der Waals surface area contributed by atoms with Gasteiger partial charge >= 0.3 is 0 Å². The third-order valence-electron chi connectivity index (χ3n) is 4.79. The second kappa shape index (κ2) is 10.5. The molecule has 152 valence electrons. The first-order valence-electron chi connectivity index (χ1n) is 10.0. The summed E-state index contributed by atoms with van der Waals surface area (Å²) in [6.45, 7) is 3.99. The van der Waals surface area contributed by atoms with Crippen LogP contribution in [0.3, 0.4) is 0 Å². The van der Waals surface area contributed by atoms with E-state index in [-0.39, 0.29) is 11.5 Å². The fourth-order valence-corrected chi connectivity index (χ4v) is 3.19. The van der Waals surface area contributed by atoms with Crippen molar-refractivity contribution >= 4 is 16.8 Å². The number of hydrogen-bond acceptors (Lipinski definition) is 4. The molecule has 0 saturated carbocycles. The molecule has 6 nitrogen and oxygen atoms in total. The highest BCUT2D eigenvalue weighted by atomic mass is 16.5. The molecule has 0 atom stereocenters. The van der Waals surface area contributed by atoms with Gasteiger partial charge in [-0.05, 0) is 37.5 Å². The number of ether oxygens (including phenoxy) is 1. The Kier molecular flexibility index (Phi) is 7.53. The van der Waals surface area contributed by atoms with Crippen LogP contribution in [0.25, 0.3) is 10.9 Å². The van der Waals surface area contributed by atoms with Gasteiger partial charge in [0.15, 0.2) is 0 Å². The van der Waals surface area contributed by atoms with Crippen LogP contribution in [-0.4, -0.2) is 40.5 Å². The number of nitrogens with zero attached hydrogens (tertiary/aromatic N) is 2. The predicted octanol–water partition coefficient (Wildman–Crippen LogP) is 3.31. The molecule has 0 spiro atoms. The minimum Gasteiger partial charge on any atom is -0.381 e. The minimum atomic E-state index is -0.180. The topological polar surface area (TPSA) is 75.3 Å². The zero-order valence-corrected chi connectivity index (χ0v) is 16.8. The summed E-state index contributed by atoms with van der Waals surface area (Å²) in [4.78, 5) is 33.7. The quantitative estimate of drug-likeness (QED) is 0.536. The molecule has 0 unspecified atom stereocenters. The second-order valence-electron chi connectivity index (χ2n) is 6.89. The van der Waals surface area contributed by atoms with Gasteiger partial charge in [-0.25, -0.2) is 4.98 Å². The Labute approximate surface area is 170 Å². The van der Waals surface area contributed by atoms with E-state index < -0.39 is 0 Å². The molecule has 0 fully saturated rings. The number of hydrogen-bond donors (Lipinski definition) is 1. The molecule has 0 aliphatic rings. The lowest BCUT2D eigenvalue weighted by Crippen LogP contribution is -2.32. The van der Waals surface area contributed by atoms with Crippen LogP contribution >= 0.6 is 0 Å². The van der Waals surface area contributed by atoms with Gasteiger partial charge in [-0.15, -0.1) is 0 Å². The zero-order chi connectivity index (χ0) is 20.5. The van der Waals surface area contributed by atoms with E-state index >= 15 is 0 Å². The van der Waals surface area contributed by atoms with E-state index in [2.05, 4.69) is 22.1 Å². The Morgan fingerprint density at radius 2 is 1.83 bits per heavy atom. The average Bonchev–Trinajstić information content (AvgIpc) is 2.75. The first-order chi connectivity index (χ1) is 14.2. The summed E-state index contributed by atoms with van der Waals surface area (Å²) in [5, 5.41) is 0.554. The number of aromatic nitrogens is 2. The zero-order valence-electron chi connectivity index (χ0n) is 16.8. The molecule has 1 N–H and O–H groups in total. The summed E-state index contributed by atoms with van der Waals surface area (Å²) in [6.07, 6.45) is 1.96. The lowest BCUT2D eigenvalue weighted by molar-refractivity contribution is -0.132. The lowest BCUT2D eigenvalue weighted by atomic mass is 10.2. The van der Waals surface area contributed by atoms with Crippen molar-refractivity contribution in [1.82, 2.24) is 14.9 Å². The van der Waals surface area contributed by atoms with E-state index in [0.717, 1.165) is 6.42 Å². The van der Waals surface area contributed by atoms with E-state index in [0.29, 0.717) is 55.9 Å². The van der Waals surface area contributed by atoms with E-state index in [1.54, 1.807) is 17.0 Å². The smallest absolute Gasteiger partial charge is 0.258 e. The summed E-state index contributed by atoms with van der Waals surface area (Å²) in [5.74, 6) is 0.540. The highest BCUT2D eigenvalue weighted by Crippen LogP contribution is 2.08. The van der Waals surface area contributed by atoms with Gasteiger partial charge in [-0.1, -0.05) is 42.5 Å². The lowest BCUT2D eigenvalue weighted by Gasteiger charge is -2.20. The van der Waals surface area contributed by atoms with Crippen LogP contribution in [-0.2, 0) is 22.5 Å². The number of amides is 1. The molecular formula is C23H27N3O3. The maximum atomic E-state index is 12.5. The maximum Gasteiger partial charge on any atom is 0.258 e. The summed E-state index contributed by atoms with van der Waals surface area (Å²) >= 11 is 0. The number of benzene rings is 2. The Bertz CT molecular complexity index is 985. The van der Waals surface area contributed by atoms with Crippen molar-refractivity contribution in [2.45, 2.75) is 32.7 Å². The first-order valence-corrected chi connectivity index (χ1v) is 10.0. The van der Waals surface area contributed by atoms with Gasteiger partial charge in [0.2, 0.25) is 5.91 Å². The Balaban J connectivity index is 1.45. The molecule has 0 bridgehead atoms. The van der Waals surface area contributed by atoms with E-state index in [4.69, 9.17) is 4.74 Å². The summed E-state index contributed by atoms with van der Waals surface area (Å²) < 4.78 is 5.65. The standard InChI is InChI=1S/C23H27N3O3/c1-2-26(17-21-24-20-12-7-6-11-19(20)23(28)25-21)22(27)13-8-15-29-16-14-18-9-4-3-5-10-18/h3-7,9-12H,2,8,13-17H2,1H3,(H,24,25,28). The van der Waals surface area contributed by atoms with Gasteiger partial charge < -0.3 is 14.6 Å². The van der Waals surface area contributed by atoms with Gasteiger partial charge in [-0.2, -0.15) is 0 Å². The number of aromatic amines is 1. The van der Waals surface area contributed by atoms with Crippen LogP contribution < -0.4 is 5.56 Å². The number of carbonyl (C=O) groups excluding carboxylic acids is 1. The van der Waals surface area contributed by atoms with E-state index in [9.17, 15) is 9.59 Å². The van der Waals surface area contributed by atoms with Crippen molar-refractivity contribution in [3.8, 4) is 0 Å². The van der Waals surface area contributed by atoms with E-state index in [1.165, 1.54) is 5.56 Å². The van der Waals surface area contributed by atoms with Crippen LogP contribution in [0.2, 0.25) is 0 Å². The third-order valence-corrected chi connectivity index (χ3v) is 4.79. The van der Waals surface area contributed by atoms with E-state index in [1.807, 2.05) is 37.3 Å². The predicted molar refractivity (Wildman–Crippen MR) is 114 cm³/mol. The molecule has 0 radical (unpaired) electrons. The van der Waals surface area contributed by atoms with Crippen LogP contribution in [0.5, 0.6) is 0 Å². The molecule has 3 rings (SSSR count). The van der Waals surface area contributed by atoms with Crippen molar-refractivity contribution in [3.05, 3.63) is 76.3 Å². The highest BCUT2D eigenvalue weighted by molar-refractivity contribution is 5.77. The number of para-hydroxylation sites is 1. The Morgan fingerprint density at radius 3 is 2.62 bits per heavy atom. The molecule has 0 aliphatic heterocycles. The molecule has 1 aromatic heterocycles. The highest BCUT2D eigenvalue weighted by Gasteiger charge is 2.14. The van der Waals surface area contributed by atoms with Crippen molar-refractivity contribution in [2.24, 2.45) is 0 Å². The Morgan fingerprint density at radius 1 is 1.07 bits per heavy atom. The van der Waals surface area contributed by atoms with Crippen molar-refractivity contribution < 1.29 is 9.53 Å². The maximum absolute atomic E-state index is 12.5. The van der Waals surface area contributed by atoms with Gasteiger partial charge in [0.1, 0.15) is 5.82 Å². The molecular weight excluding hydrogens is 366 g/mol. The van der Waals surface area contributed by atoms with Crippen LogP contribution in [0.1, 0.15) is 31.2 Å². The Hall–Kier alpha value is -2.99. The fraction of sp³-hybridized carbons (Fsp3) is 0.348. The van der Waals surface area contributed by atoms with Crippen molar-refractivity contribution in [3.63, 3.8) is 0 Å². The number of fused-ring (bicyclic) bond motifs is 1. The number of H-pyrrole nitrogens is 1. The fourth-order valence-electron chi connectivity index (χ4n) is 3.19. The average molecular weight is 393 g/mol. The number of nitrogens with one attached hydrogen (secondary N) is 1. The molecule has 3 aromatic rings. The molecule has 2 aromatic carbocycles. The van der Waals surface area contributed by atoms with Crippen LogP contribution in [0.4, 0.5) is 0 Å². The summed E-state index contributed by atoms with van der Waals surface area (Å²) in [5.41, 5.74) is 1.71. The molecule has 29 heavy (non-hydrogen) atoms. The van der Waals surface area contributed by atoms with Gasteiger partial charge in [-0.3, -0.25) is 9.59 Å². The molecule has 0 saturated heterocycles. The van der Waals surface area contributed by atoms with Crippen molar-refractivity contribution in [1.29, 1.82) is 0 Å². The second-order valence-corrected chi connectivity index (χ2v) is 6.89. The summed E-state index contributed by atoms with van der Waals surface area (Å²) in [7, 11) is 0.